The molecule has 2 fully saturated rings. The van der Waals surface area contributed by atoms with E-state index < -0.39 is 0 Å². The van der Waals surface area contributed by atoms with Gasteiger partial charge in [0.2, 0.25) is 0 Å². The first-order valence-electron chi connectivity index (χ1n) is 8.13. The van der Waals surface area contributed by atoms with Crippen LogP contribution in [-0.4, -0.2) is 47.1 Å². The molecule has 0 aliphatic carbocycles. The number of nitrogens with zero attached hydrogens (tertiary/aromatic N) is 3. The zero-order chi connectivity index (χ0) is 17.0. The van der Waals surface area contributed by atoms with Gasteiger partial charge in [0.15, 0.2) is 0 Å². The van der Waals surface area contributed by atoms with Gasteiger partial charge in [-0.3, -0.25) is 4.79 Å². The lowest BCUT2D eigenvalue weighted by atomic mass is 9.78. The number of anilines is 1. The second-order valence-corrected chi connectivity index (χ2v) is 7.77. The second kappa shape index (κ2) is 5.24. The first-order chi connectivity index (χ1) is 12.2. The Morgan fingerprint density at radius 2 is 2.00 bits per heavy atom. The molecule has 0 bridgehead atoms. The summed E-state index contributed by atoms with van der Waals surface area (Å²) in [6.45, 7) is 3.00. The highest BCUT2D eigenvalue weighted by Gasteiger charge is 2.51. The van der Waals surface area contributed by atoms with Gasteiger partial charge >= 0.3 is 0 Å². The third-order valence-corrected chi connectivity index (χ3v) is 5.94. The number of thiophene rings is 1. The van der Waals surface area contributed by atoms with E-state index in [1.807, 2.05) is 35.2 Å². The molecule has 0 saturated carbocycles. The minimum absolute atomic E-state index is 0.0268. The van der Waals surface area contributed by atoms with Gasteiger partial charge in [-0.25, -0.2) is 9.97 Å². The molecule has 2 saturated heterocycles. The van der Waals surface area contributed by atoms with Gasteiger partial charge in [0, 0.05) is 18.7 Å². The molecule has 0 unspecified atom stereocenters. The molecule has 7 heteroatoms. The van der Waals surface area contributed by atoms with E-state index in [9.17, 15) is 4.79 Å². The molecule has 126 valence electrons. The maximum absolute atomic E-state index is 12.8. The van der Waals surface area contributed by atoms with Crippen LogP contribution in [0.15, 0.2) is 36.5 Å². The van der Waals surface area contributed by atoms with Gasteiger partial charge < -0.3 is 15.4 Å². The molecule has 2 aliphatic rings. The van der Waals surface area contributed by atoms with Crippen molar-refractivity contribution in [3.63, 3.8) is 0 Å². The number of likely N-dealkylation sites (tertiary alicyclic amines) is 1. The van der Waals surface area contributed by atoms with Gasteiger partial charge in [0.05, 0.1) is 36.2 Å². The number of hydrogen-bond acceptors (Lipinski definition) is 6. The molecule has 25 heavy (non-hydrogen) atoms. The number of carbonyl (C=O) groups is 1. The Morgan fingerprint density at radius 1 is 1.24 bits per heavy atom. The standard InChI is InChI=1S/C18H16N4O2S/c19-13-14-16(21-12(6-20-14)11-4-2-1-3-5-11)25-15(13)17(23)22-7-18(8-22)9-24-10-18/h1-6H,7-10,19H2. The van der Waals surface area contributed by atoms with Crippen molar-refractivity contribution in [3.8, 4) is 11.3 Å². The number of aromatic nitrogens is 2. The average Bonchev–Trinajstić information content (AvgIpc) is 2.89. The van der Waals surface area contributed by atoms with Crippen LogP contribution in [0.5, 0.6) is 0 Å². The van der Waals surface area contributed by atoms with Crippen LogP contribution in [0.4, 0.5) is 5.69 Å². The Hall–Kier alpha value is -2.51. The second-order valence-electron chi connectivity index (χ2n) is 6.77. The van der Waals surface area contributed by atoms with Crippen LogP contribution >= 0.6 is 11.3 Å². The summed E-state index contributed by atoms with van der Waals surface area (Å²) in [4.78, 5) is 24.9. The highest BCUT2D eigenvalue weighted by molar-refractivity contribution is 7.21. The van der Waals surface area contributed by atoms with Gasteiger partial charge in [0.1, 0.15) is 15.2 Å². The summed E-state index contributed by atoms with van der Waals surface area (Å²) in [5, 5.41) is 0. The molecule has 1 aromatic carbocycles. The van der Waals surface area contributed by atoms with Gasteiger partial charge in [-0.15, -0.1) is 11.3 Å². The molecule has 5 rings (SSSR count). The normalized spacial score (nSPS) is 18.2. The maximum atomic E-state index is 12.8. The summed E-state index contributed by atoms with van der Waals surface area (Å²) < 4.78 is 5.26. The van der Waals surface area contributed by atoms with Gasteiger partial charge in [-0.1, -0.05) is 30.3 Å². The fraction of sp³-hybridized carbons (Fsp3) is 0.278. The van der Waals surface area contributed by atoms with E-state index in [2.05, 4.69) is 9.97 Å². The summed E-state index contributed by atoms with van der Waals surface area (Å²) in [5.41, 5.74) is 9.20. The zero-order valence-electron chi connectivity index (χ0n) is 13.4. The molecular weight excluding hydrogens is 336 g/mol. The molecule has 2 N–H and O–H groups in total. The number of rotatable bonds is 2. The molecule has 1 spiro atoms. The van der Waals surface area contributed by atoms with Crippen molar-refractivity contribution in [1.29, 1.82) is 0 Å². The molecule has 3 aromatic rings. The fourth-order valence-electron chi connectivity index (χ4n) is 3.42. The molecule has 4 heterocycles. The molecule has 6 nitrogen and oxygen atoms in total. The third-order valence-electron chi connectivity index (χ3n) is 4.86. The monoisotopic (exact) mass is 352 g/mol. The number of hydrogen-bond donors (Lipinski definition) is 1. The summed E-state index contributed by atoms with van der Waals surface area (Å²) in [6, 6.07) is 9.85. The van der Waals surface area contributed by atoms with Crippen molar-refractivity contribution in [2.75, 3.05) is 32.0 Å². The van der Waals surface area contributed by atoms with Crippen molar-refractivity contribution in [2.24, 2.45) is 5.41 Å². The third kappa shape index (κ3) is 2.23. The quantitative estimate of drug-likeness (QED) is 0.766. The predicted molar refractivity (Wildman–Crippen MR) is 96.4 cm³/mol. The molecule has 0 radical (unpaired) electrons. The smallest absolute Gasteiger partial charge is 0.266 e. The summed E-state index contributed by atoms with van der Waals surface area (Å²) in [6.07, 6.45) is 1.71. The van der Waals surface area contributed by atoms with Crippen LogP contribution in [-0.2, 0) is 4.74 Å². The lowest BCUT2D eigenvalue weighted by Crippen LogP contribution is -2.67. The number of amides is 1. The van der Waals surface area contributed by atoms with Crippen molar-refractivity contribution in [1.82, 2.24) is 14.9 Å². The number of fused-ring (bicyclic) bond motifs is 1. The number of carbonyl (C=O) groups excluding carboxylic acids is 1. The number of ether oxygens (including phenoxy) is 1. The van der Waals surface area contributed by atoms with Crippen LogP contribution in [0, 0.1) is 5.41 Å². The molecule has 0 atom stereocenters. The topological polar surface area (TPSA) is 81.3 Å². The van der Waals surface area contributed by atoms with Crippen molar-refractivity contribution in [2.45, 2.75) is 0 Å². The molecule has 1 amide bonds. The Bertz CT molecular complexity index is 973. The maximum Gasteiger partial charge on any atom is 0.266 e. The average molecular weight is 352 g/mol. The summed E-state index contributed by atoms with van der Waals surface area (Å²) in [5.74, 6) is -0.0268. The van der Waals surface area contributed by atoms with E-state index in [1.54, 1.807) is 6.20 Å². The minimum atomic E-state index is -0.0268. The van der Waals surface area contributed by atoms with E-state index in [4.69, 9.17) is 10.5 Å². The molecular formula is C18H16N4O2S. The minimum Gasteiger partial charge on any atom is -0.396 e. The van der Waals surface area contributed by atoms with Crippen molar-refractivity contribution >= 4 is 33.3 Å². The van der Waals surface area contributed by atoms with Crippen LogP contribution in [0.2, 0.25) is 0 Å². The number of benzene rings is 1. The van der Waals surface area contributed by atoms with Crippen LogP contribution in [0.25, 0.3) is 21.6 Å². The SMILES string of the molecule is Nc1c(C(=O)N2CC3(COC3)C2)sc2nc(-c3ccccc3)cnc12. The highest BCUT2D eigenvalue weighted by atomic mass is 32.1. The van der Waals surface area contributed by atoms with Gasteiger partial charge in [-0.05, 0) is 0 Å². The molecule has 2 aromatic heterocycles. The molecule has 2 aliphatic heterocycles. The fourth-order valence-corrected chi connectivity index (χ4v) is 4.44. The van der Waals surface area contributed by atoms with E-state index in [0.29, 0.717) is 20.9 Å². The first-order valence-corrected chi connectivity index (χ1v) is 8.94. The Labute approximate surface area is 148 Å². The van der Waals surface area contributed by atoms with Crippen LogP contribution < -0.4 is 5.73 Å². The number of nitrogen functional groups attached to an aromatic ring is 1. The van der Waals surface area contributed by atoms with Gasteiger partial charge in [-0.2, -0.15) is 0 Å². The van der Waals surface area contributed by atoms with E-state index in [1.165, 1.54) is 11.3 Å². The van der Waals surface area contributed by atoms with E-state index >= 15 is 0 Å². The van der Waals surface area contributed by atoms with Crippen molar-refractivity contribution < 1.29 is 9.53 Å². The van der Waals surface area contributed by atoms with Crippen LogP contribution in [0.1, 0.15) is 9.67 Å². The summed E-state index contributed by atoms with van der Waals surface area (Å²) >= 11 is 1.32. The van der Waals surface area contributed by atoms with E-state index in [0.717, 1.165) is 37.6 Å². The lowest BCUT2D eigenvalue weighted by molar-refractivity contribution is -0.176. The zero-order valence-corrected chi connectivity index (χ0v) is 14.3. The number of nitrogens with two attached hydrogens (primary N) is 1. The van der Waals surface area contributed by atoms with Crippen LogP contribution in [0.3, 0.4) is 0 Å². The Balaban J connectivity index is 1.47. The first kappa shape index (κ1) is 14.8. The summed E-state index contributed by atoms with van der Waals surface area (Å²) in [7, 11) is 0. The Morgan fingerprint density at radius 3 is 2.68 bits per heavy atom. The van der Waals surface area contributed by atoms with Gasteiger partial charge in [0.25, 0.3) is 5.91 Å². The highest BCUT2D eigenvalue weighted by Crippen LogP contribution is 2.40. The van der Waals surface area contributed by atoms with E-state index in [-0.39, 0.29) is 11.3 Å². The lowest BCUT2D eigenvalue weighted by Gasteiger charge is -2.54. The Kier molecular flexibility index (Phi) is 3.10. The van der Waals surface area contributed by atoms with Crippen molar-refractivity contribution in [3.05, 3.63) is 41.4 Å². The largest absolute Gasteiger partial charge is 0.396 e. The predicted octanol–water partition coefficient (Wildman–Crippen LogP) is 2.41.